The smallest absolute Gasteiger partial charge is 0.340 e. The molecule has 2 aromatic heterocycles. The first-order valence-corrected chi connectivity index (χ1v) is 9.05. The minimum atomic E-state index is -0.475. The van der Waals surface area contributed by atoms with Crippen LogP contribution < -0.4 is 5.32 Å². The van der Waals surface area contributed by atoms with Gasteiger partial charge in [0.2, 0.25) is 0 Å². The third-order valence-corrected chi connectivity index (χ3v) is 4.84. The molecule has 0 aliphatic carbocycles. The number of rotatable bonds is 5. The SMILES string of the molecule is CCc1nn(-c2ccncc2)c(Nc2ccc(Cl)cc2C(=O)OC)c1Br. The number of nitrogens with one attached hydrogen (secondary N) is 1. The number of hydrogen-bond donors (Lipinski definition) is 1. The second-order valence-electron chi connectivity index (χ2n) is 5.39. The van der Waals surface area contributed by atoms with Crippen LogP contribution in [0.5, 0.6) is 0 Å². The highest BCUT2D eigenvalue weighted by Gasteiger charge is 2.19. The van der Waals surface area contributed by atoms with Crippen molar-refractivity contribution in [3.63, 3.8) is 0 Å². The minimum Gasteiger partial charge on any atom is -0.465 e. The van der Waals surface area contributed by atoms with Crippen LogP contribution in [0.2, 0.25) is 5.02 Å². The fraction of sp³-hybridized carbons (Fsp3) is 0.167. The molecule has 0 spiro atoms. The number of esters is 1. The molecule has 3 rings (SSSR count). The van der Waals surface area contributed by atoms with Gasteiger partial charge in [-0.1, -0.05) is 18.5 Å². The van der Waals surface area contributed by atoms with Gasteiger partial charge in [0.05, 0.1) is 34.2 Å². The lowest BCUT2D eigenvalue weighted by atomic mass is 10.1. The molecule has 0 aliphatic rings. The van der Waals surface area contributed by atoms with Crippen molar-refractivity contribution in [2.45, 2.75) is 13.3 Å². The summed E-state index contributed by atoms with van der Waals surface area (Å²) < 4.78 is 7.45. The third-order valence-electron chi connectivity index (χ3n) is 3.78. The predicted octanol–water partition coefficient (Wildman–Crippen LogP) is 4.78. The Morgan fingerprint density at radius 1 is 1.31 bits per heavy atom. The maximum Gasteiger partial charge on any atom is 0.340 e. The van der Waals surface area contributed by atoms with Crippen molar-refractivity contribution in [3.05, 3.63) is 63.5 Å². The van der Waals surface area contributed by atoms with Crippen LogP contribution in [0, 0.1) is 0 Å². The lowest BCUT2D eigenvalue weighted by Crippen LogP contribution is -2.08. The molecule has 0 unspecified atom stereocenters. The molecule has 0 saturated heterocycles. The second kappa shape index (κ2) is 7.88. The van der Waals surface area contributed by atoms with Gasteiger partial charge >= 0.3 is 5.97 Å². The number of ether oxygens (including phenoxy) is 1. The lowest BCUT2D eigenvalue weighted by Gasteiger charge is -2.13. The summed E-state index contributed by atoms with van der Waals surface area (Å²) >= 11 is 9.64. The highest BCUT2D eigenvalue weighted by atomic mass is 79.9. The molecule has 0 radical (unpaired) electrons. The van der Waals surface area contributed by atoms with E-state index < -0.39 is 5.97 Å². The van der Waals surface area contributed by atoms with Crippen LogP contribution in [-0.4, -0.2) is 27.8 Å². The standard InChI is InChI=1S/C18H16BrClN4O2/c1-3-14-16(19)17(24(23-14)12-6-8-21-9-7-12)22-15-5-4-11(20)10-13(15)18(25)26-2/h4-10,22H,3H2,1-2H3. The second-order valence-corrected chi connectivity index (χ2v) is 6.62. The zero-order chi connectivity index (χ0) is 18.7. The summed E-state index contributed by atoms with van der Waals surface area (Å²) in [5.41, 5.74) is 2.64. The average Bonchev–Trinajstić information content (AvgIpc) is 2.99. The van der Waals surface area contributed by atoms with Crippen molar-refractivity contribution in [1.29, 1.82) is 0 Å². The zero-order valence-electron chi connectivity index (χ0n) is 14.2. The predicted molar refractivity (Wildman–Crippen MR) is 105 cm³/mol. The van der Waals surface area contributed by atoms with Gasteiger partial charge in [-0.3, -0.25) is 4.98 Å². The first-order valence-electron chi connectivity index (χ1n) is 7.87. The molecule has 1 N–H and O–H groups in total. The Labute approximate surface area is 164 Å². The first-order chi connectivity index (χ1) is 12.5. The van der Waals surface area contributed by atoms with Gasteiger partial charge < -0.3 is 10.1 Å². The van der Waals surface area contributed by atoms with Gasteiger partial charge in [-0.15, -0.1) is 0 Å². The Hall–Kier alpha value is -2.38. The van der Waals surface area contributed by atoms with Gasteiger partial charge in [-0.2, -0.15) is 5.10 Å². The van der Waals surface area contributed by atoms with Gasteiger partial charge in [0, 0.05) is 17.4 Å². The molecular weight excluding hydrogens is 420 g/mol. The zero-order valence-corrected chi connectivity index (χ0v) is 16.5. The maximum absolute atomic E-state index is 12.1. The van der Waals surface area contributed by atoms with E-state index in [1.54, 1.807) is 35.3 Å². The lowest BCUT2D eigenvalue weighted by molar-refractivity contribution is 0.0602. The molecule has 0 amide bonds. The molecule has 1 aromatic carbocycles. The molecule has 0 bridgehead atoms. The molecule has 8 heteroatoms. The van der Waals surface area contributed by atoms with Crippen LogP contribution in [0.25, 0.3) is 5.69 Å². The number of carbonyl (C=O) groups excluding carboxylic acids is 1. The number of anilines is 2. The molecule has 0 aliphatic heterocycles. The van der Waals surface area contributed by atoms with E-state index in [-0.39, 0.29) is 0 Å². The molecule has 0 saturated carbocycles. The van der Waals surface area contributed by atoms with Gasteiger partial charge in [0.25, 0.3) is 0 Å². The monoisotopic (exact) mass is 434 g/mol. The highest BCUT2D eigenvalue weighted by molar-refractivity contribution is 9.10. The number of halogens is 2. The Kier molecular flexibility index (Phi) is 5.58. The summed E-state index contributed by atoms with van der Waals surface area (Å²) in [7, 11) is 1.33. The summed E-state index contributed by atoms with van der Waals surface area (Å²) in [5, 5.41) is 8.37. The van der Waals surface area contributed by atoms with Crippen LogP contribution in [0.4, 0.5) is 11.5 Å². The molecule has 134 valence electrons. The molecule has 0 atom stereocenters. The van der Waals surface area contributed by atoms with Crippen molar-refractivity contribution in [3.8, 4) is 5.69 Å². The fourth-order valence-corrected chi connectivity index (χ4v) is 3.28. The van der Waals surface area contributed by atoms with E-state index in [0.717, 1.165) is 22.3 Å². The van der Waals surface area contributed by atoms with Crippen LogP contribution >= 0.6 is 27.5 Å². The molecule has 6 nitrogen and oxygen atoms in total. The van der Waals surface area contributed by atoms with E-state index in [4.69, 9.17) is 16.3 Å². The van der Waals surface area contributed by atoms with E-state index in [1.807, 2.05) is 19.1 Å². The number of pyridine rings is 1. The Morgan fingerprint density at radius 3 is 2.69 bits per heavy atom. The minimum absolute atomic E-state index is 0.340. The first kappa shape index (κ1) is 18.4. The molecule has 26 heavy (non-hydrogen) atoms. The van der Waals surface area contributed by atoms with E-state index in [2.05, 4.69) is 31.3 Å². The number of aryl methyl sites for hydroxylation is 1. The summed E-state index contributed by atoms with van der Waals surface area (Å²) in [6, 6.07) is 8.71. The van der Waals surface area contributed by atoms with Crippen molar-refractivity contribution in [1.82, 2.24) is 14.8 Å². The largest absolute Gasteiger partial charge is 0.465 e. The number of benzene rings is 1. The van der Waals surface area contributed by atoms with Crippen LogP contribution in [0.15, 0.2) is 47.2 Å². The number of methoxy groups -OCH3 is 1. The highest BCUT2D eigenvalue weighted by Crippen LogP contribution is 2.33. The van der Waals surface area contributed by atoms with E-state index in [0.29, 0.717) is 22.1 Å². The van der Waals surface area contributed by atoms with E-state index in [9.17, 15) is 4.79 Å². The topological polar surface area (TPSA) is 69.0 Å². The summed E-state index contributed by atoms with van der Waals surface area (Å²) in [4.78, 5) is 16.2. The van der Waals surface area contributed by atoms with Gasteiger partial charge in [0.1, 0.15) is 5.82 Å². The number of hydrogen-bond acceptors (Lipinski definition) is 5. The molecular formula is C18H16BrClN4O2. The van der Waals surface area contributed by atoms with Crippen molar-refractivity contribution in [2.75, 3.05) is 12.4 Å². The Balaban J connectivity index is 2.11. The van der Waals surface area contributed by atoms with E-state index >= 15 is 0 Å². The molecule has 3 aromatic rings. The summed E-state index contributed by atoms with van der Waals surface area (Å²) in [6.45, 7) is 2.02. The van der Waals surface area contributed by atoms with Gasteiger partial charge in [0.15, 0.2) is 0 Å². The van der Waals surface area contributed by atoms with Gasteiger partial charge in [-0.05, 0) is 52.7 Å². The number of aromatic nitrogens is 3. The third kappa shape index (κ3) is 3.59. The summed E-state index contributed by atoms with van der Waals surface area (Å²) in [6.07, 6.45) is 4.14. The quantitative estimate of drug-likeness (QED) is 0.584. The van der Waals surface area contributed by atoms with Crippen molar-refractivity contribution < 1.29 is 9.53 Å². The fourth-order valence-electron chi connectivity index (χ4n) is 2.48. The van der Waals surface area contributed by atoms with Crippen molar-refractivity contribution in [2.24, 2.45) is 0 Å². The van der Waals surface area contributed by atoms with Crippen LogP contribution in [0.1, 0.15) is 23.0 Å². The van der Waals surface area contributed by atoms with Crippen LogP contribution in [0.3, 0.4) is 0 Å². The normalized spacial score (nSPS) is 10.6. The van der Waals surface area contributed by atoms with Gasteiger partial charge in [-0.25, -0.2) is 9.48 Å². The Bertz CT molecular complexity index is 944. The van der Waals surface area contributed by atoms with Crippen molar-refractivity contribution >= 4 is 45.0 Å². The maximum atomic E-state index is 12.1. The number of nitrogens with zero attached hydrogens (tertiary/aromatic N) is 3. The summed E-state index contributed by atoms with van der Waals surface area (Å²) in [5.74, 6) is 0.220. The molecule has 2 heterocycles. The number of carbonyl (C=O) groups is 1. The van der Waals surface area contributed by atoms with Crippen LogP contribution in [-0.2, 0) is 11.2 Å². The van der Waals surface area contributed by atoms with E-state index in [1.165, 1.54) is 7.11 Å². The average molecular weight is 436 g/mol. The molecule has 0 fully saturated rings. The Morgan fingerprint density at radius 2 is 2.04 bits per heavy atom.